The summed E-state index contributed by atoms with van der Waals surface area (Å²) in [6.45, 7) is 2.24. The molecule has 0 radical (unpaired) electrons. The highest BCUT2D eigenvalue weighted by molar-refractivity contribution is 5.46. The summed E-state index contributed by atoms with van der Waals surface area (Å²) in [6, 6.07) is 1.72. The predicted molar refractivity (Wildman–Crippen MR) is 71.0 cm³/mol. The van der Waals surface area contributed by atoms with E-state index in [1.807, 2.05) is 0 Å². The highest BCUT2D eigenvalue weighted by Crippen LogP contribution is 2.43. The number of aromatic nitrogens is 1. The predicted octanol–water partition coefficient (Wildman–Crippen LogP) is 2.29. The van der Waals surface area contributed by atoms with Crippen molar-refractivity contribution in [2.45, 2.75) is 44.3 Å². The SMILES string of the molecule is COC1(C(O)c2cnccc2N)CCC(C)CC1. The van der Waals surface area contributed by atoms with Gasteiger partial charge in [0.15, 0.2) is 0 Å². The Kier molecular flexibility index (Phi) is 3.88. The molecule has 2 rings (SSSR count). The summed E-state index contributed by atoms with van der Waals surface area (Å²) in [5.41, 5.74) is 6.65. The molecular weight excluding hydrogens is 228 g/mol. The zero-order valence-corrected chi connectivity index (χ0v) is 11.1. The average Bonchev–Trinajstić information content (AvgIpc) is 2.40. The van der Waals surface area contributed by atoms with Crippen molar-refractivity contribution in [2.75, 3.05) is 12.8 Å². The molecule has 0 spiro atoms. The van der Waals surface area contributed by atoms with Gasteiger partial charge in [0, 0.05) is 30.8 Å². The zero-order valence-electron chi connectivity index (χ0n) is 11.1. The Bertz CT molecular complexity index is 401. The number of ether oxygens (including phenoxy) is 1. The molecule has 1 aromatic heterocycles. The Morgan fingerprint density at radius 3 is 2.72 bits per heavy atom. The van der Waals surface area contributed by atoms with E-state index in [2.05, 4.69) is 11.9 Å². The van der Waals surface area contributed by atoms with Gasteiger partial charge in [-0.3, -0.25) is 4.98 Å². The largest absolute Gasteiger partial charge is 0.398 e. The van der Waals surface area contributed by atoms with Crippen molar-refractivity contribution < 1.29 is 9.84 Å². The van der Waals surface area contributed by atoms with Crippen LogP contribution in [0.25, 0.3) is 0 Å². The minimum absolute atomic E-state index is 0.510. The van der Waals surface area contributed by atoms with Crippen LogP contribution in [0.3, 0.4) is 0 Å². The Labute approximate surface area is 108 Å². The number of methoxy groups -OCH3 is 1. The molecule has 1 aliphatic rings. The van der Waals surface area contributed by atoms with Gasteiger partial charge in [-0.05, 0) is 37.7 Å². The molecule has 1 aliphatic carbocycles. The molecule has 0 aliphatic heterocycles. The van der Waals surface area contributed by atoms with Crippen molar-refractivity contribution in [1.82, 2.24) is 4.98 Å². The fourth-order valence-electron chi connectivity index (χ4n) is 2.77. The number of nitrogen functional groups attached to an aromatic ring is 1. The van der Waals surface area contributed by atoms with E-state index in [-0.39, 0.29) is 0 Å². The molecule has 0 amide bonds. The third-order valence-electron chi connectivity index (χ3n) is 4.21. The molecule has 3 N–H and O–H groups in total. The third kappa shape index (κ3) is 2.35. The molecule has 0 saturated heterocycles. The number of hydrogen-bond donors (Lipinski definition) is 2. The lowest BCUT2D eigenvalue weighted by atomic mass is 9.74. The van der Waals surface area contributed by atoms with Crippen molar-refractivity contribution in [2.24, 2.45) is 5.92 Å². The van der Waals surface area contributed by atoms with Crippen LogP contribution in [0, 0.1) is 5.92 Å². The summed E-state index contributed by atoms with van der Waals surface area (Å²) in [7, 11) is 1.67. The van der Waals surface area contributed by atoms with Crippen LogP contribution in [0.15, 0.2) is 18.5 Å². The molecule has 0 bridgehead atoms. The quantitative estimate of drug-likeness (QED) is 0.863. The lowest BCUT2D eigenvalue weighted by molar-refractivity contribution is -0.130. The summed E-state index contributed by atoms with van der Waals surface area (Å²) in [5, 5.41) is 10.6. The van der Waals surface area contributed by atoms with Crippen molar-refractivity contribution in [3.8, 4) is 0 Å². The van der Waals surface area contributed by atoms with Gasteiger partial charge >= 0.3 is 0 Å². The molecule has 1 saturated carbocycles. The second-order valence-corrected chi connectivity index (χ2v) is 5.36. The molecule has 1 aromatic rings. The molecule has 4 heteroatoms. The first-order chi connectivity index (χ1) is 8.59. The number of aliphatic hydroxyl groups excluding tert-OH is 1. The maximum Gasteiger partial charge on any atom is 0.111 e. The number of anilines is 1. The van der Waals surface area contributed by atoms with Gasteiger partial charge in [0.1, 0.15) is 6.10 Å². The highest BCUT2D eigenvalue weighted by atomic mass is 16.5. The van der Waals surface area contributed by atoms with Crippen LogP contribution in [-0.2, 0) is 4.74 Å². The zero-order chi connectivity index (χ0) is 13.2. The molecule has 1 fully saturated rings. The first-order valence-corrected chi connectivity index (χ1v) is 6.51. The van der Waals surface area contributed by atoms with Gasteiger partial charge in [-0.1, -0.05) is 6.92 Å². The van der Waals surface area contributed by atoms with Crippen LogP contribution in [0.4, 0.5) is 5.69 Å². The van der Waals surface area contributed by atoms with Crippen LogP contribution in [0.5, 0.6) is 0 Å². The minimum Gasteiger partial charge on any atom is -0.398 e. The van der Waals surface area contributed by atoms with Crippen molar-refractivity contribution >= 4 is 5.69 Å². The van der Waals surface area contributed by atoms with E-state index < -0.39 is 11.7 Å². The first-order valence-electron chi connectivity index (χ1n) is 6.51. The van der Waals surface area contributed by atoms with E-state index in [4.69, 9.17) is 10.5 Å². The average molecular weight is 250 g/mol. The van der Waals surface area contributed by atoms with Crippen LogP contribution in [0.2, 0.25) is 0 Å². The van der Waals surface area contributed by atoms with E-state index in [9.17, 15) is 5.11 Å². The van der Waals surface area contributed by atoms with Crippen molar-refractivity contribution in [3.05, 3.63) is 24.0 Å². The number of nitrogens with zero attached hydrogens (tertiary/aromatic N) is 1. The van der Waals surface area contributed by atoms with E-state index >= 15 is 0 Å². The van der Waals surface area contributed by atoms with Crippen LogP contribution < -0.4 is 5.73 Å². The van der Waals surface area contributed by atoms with Gasteiger partial charge in [-0.2, -0.15) is 0 Å². The van der Waals surface area contributed by atoms with E-state index in [0.717, 1.165) is 25.7 Å². The molecule has 100 valence electrons. The van der Waals surface area contributed by atoms with Gasteiger partial charge < -0.3 is 15.6 Å². The van der Waals surface area contributed by atoms with Gasteiger partial charge in [-0.15, -0.1) is 0 Å². The molecular formula is C14H22N2O2. The minimum atomic E-state index is -0.705. The number of nitrogens with two attached hydrogens (primary N) is 1. The van der Waals surface area contributed by atoms with Crippen LogP contribution >= 0.6 is 0 Å². The molecule has 1 heterocycles. The van der Waals surface area contributed by atoms with Crippen molar-refractivity contribution in [3.63, 3.8) is 0 Å². The van der Waals surface area contributed by atoms with Gasteiger partial charge in [0.25, 0.3) is 0 Å². The van der Waals surface area contributed by atoms with Crippen molar-refractivity contribution in [1.29, 1.82) is 0 Å². The molecule has 1 atom stereocenters. The maximum absolute atomic E-state index is 10.6. The number of pyridine rings is 1. The summed E-state index contributed by atoms with van der Waals surface area (Å²) in [6.07, 6.45) is 6.44. The fraction of sp³-hybridized carbons (Fsp3) is 0.643. The summed E-state index contributed by atoms with van der Waals surface area (Å²) < 4.78 is 5.66. The lowest BCUT2D eigenvalue weighted by Gasteiger charge is -2.42. The molecule has 0 aromatic carbocycles. The normalized spacial score (nSPS) is 30.1. The fourth-order valence-corrected chi connectivity index (χ4v) is 2.77. The van der Waals surface area contributed by atoms with E-state index in [1.165, 1.54) is 0 Å². The molecule has 1 unspecified atom stereocenters. The summed E-state index contributed by atoms with van der Waals surface area (Å²) in [4.78, 5) is 4.05. The summed E-state index contributed by atoms with van der Waals surface area (Å²) >= 11 is 0. The Morgan fingerprint density at radius 1 is 1.50 bits per heavy atom. The second-order valence-electron chi connectivity index (χ2n) is 5.36. The Hall–Kier alpha value is -1.13. The Balaban J connectivity index is 2.25. The Morgan fingerprint density at radius 2 is 2.17 bits per heavy atom. The number of rotatable bonds is 3. The maximum atomic E-state index is 10.6. The third-order valence-corrected chi connectivity index (χ3v) is 4.21. The van der Waals surface area contributed by atoms with E-state index in [0.29, 0.717) is 17.2 Å². The summed E-state index contributed by atoms with van der Waals surface area (Å²) in [5.74, 6) is 0.701. The second kappa shape index (κ2) is 5.24. The first kappa shape index (κ1) is 13.3. The lowest BCUT2D eigenvalue weighted by Crippen LogP contribution is -2.42. The number of hydrogen-bond acceptors (Lipinski definition) is 4. The number of aliphatic hydroxyl groups is 1. The molecule has 4 nitrogen and oxygen atoms in total. The van der Waals surface area contributed by atoms with Gasteiger partial charge in [0.05, 0.1) is 5.60 Å². The highest BCUT2D eigenvalue weighted by Gasteiger charge is 2.42. The standard InChI is InChI=1S/C14H22N2O2/c1-10-3-6-14(18-2,7-4-10)13(17)11-9-16-8-5-12(11)15/h5,8-10,13,17H,3-4,6-7H2,1-2H3,(H2,15,16). The van der Waals surface area contributed by atoms with Crippen LogP contribution in [0.1, 0.15) is 44.3 Å². The van der Waals surface area contributed by atoms with Gasteiger partial charge in [-0.25, -0.2) is 0 Å². The van der Waals surface area contributed by atoms with Gasteiger partial charge in [0.2, 0.25) is 0 Å². The van der Waals surface area contributed by atoms with E-state index in [1.54, 1.807) is 25.6 Å². The monoisotopic (exact) mass is 250 g/mol. The smallest absolute Gasteiger partial charge is 0.111 e. The molecule has 18 heavy (non-hydrogen) atoms. The topological polar surface area (TPSA) is 68.4 Å². The van der Waals surface area contributed by atoms with Crippen LogP contribution in [-0.4, -0.2) is 22.8 Å².